The monoisotopic (exact) mass is 205 g/mol. The zero-order chi connectivity index (χ0) is 10.5. The van der Waals surface area contributed by atoms with Gasteiger partial charge in [-0.1, -0.05) is 0 Å². The number of nitrogens with zero attached hydrogens (tertiary/aromatic N) is 2. The molecule has 0 aliphatic carbocycles. The van der Waals surface area contributed by atoms with E-state index in [1.807, 2.05) is 0 Å². The van der Waals surface area contributed by atoms with Crippen LogP contribution in [0.4, 0.5) is 0 Å². The molecule has 1 fully saturated rings. The first kappa shape index (κ1) is 10.2. The molecular formula is C11H15N3O. The normalized spacial score (nSPS) is 20.4. The summed E-state index contributed by atoms with van der Waals surface area (Å²) < 4.78 is 0. The first-order valence-corrected chi connectivity index (χ1v) is 5.35. The van der Waals surface area contributed by atoms with Gasteiger partial charge in [0, 0.05) is 18.8 Å². The van der Waals surface area contributed by atoms with Crippen LogP contribution in [0.2, 0.25) is 0 Å². The number of carbonyl (C=O) groups is 1. The average molecular weight is 205 g/mol. The lowest BCUT2D eigenvalue weighted by molar-refractivity contribution is 0.0974. The van der Waals surface area contributed by atoms with E-state index < -0.39 is 0 Å². The Bertz CT molecular complexity index is 320. The minimum absolute atomic E-state index is 0.155. The number of aromatic nitrogens is 2. The molecule has 1 aromatic rings. The van der Waals surface area contributed by atoms with Gasteiger partial charge in [-0.2, -0.15) is 0 Å². The second-order valence-corrected chi connectivity index (χ2v) is 3.95. The van der Waals surface area contributed by atoms with Crippen LogP contribution in [0, 0.1) is 5.92 Å². The Balaban J connectivity index is 1.82. The number of nitrogens with one attached hydrogen (secondary N) is 1. The van der Waals surface area contributed by atoms with Crippen LogP contribution in [0.25, 0.3) is 0 Å². The Morgan fingerprint density at radius 1 is 1.47 bits per heavy atom. The van der Waals surface area contributed by atoms with Crippen molar-refractivity contribution in [3.63, 3.8) is 0 Å². The van der Waals surface area contributed by atoms with E-state index in [1.165, 1.54) is 12.7 Å². The molecule has 15 heavy (non-hydrogen) atoms. The maximum Gasteiger partial charge on any atom is 0.165 e. The van der Waals surface area contributed by atoms with Crippen LogP contribution in [0.15, 0.2) is 18.7 Å². The largest absolute Gasteiger partial charge is 0.316 e. The molecule has 0 radical (unpaired) electrons. The highest BCUT2D eigenvalue weighted by Gasteiger charge is 2.16. The predicted molar refractivity (Wildman–Crippen MR) is 56.6 cm³/mol. The average Bonchev–Trinajstić information content (AvgIpc) is 2.80. The van der Waals surface area contributed by atoms with Crippen LogP contribution in [-0.4, -0.2) is 28.8 Å². The molecule has 1 aliphatic heterocycles. The van der Waals surface area contributed by atoms with Gasteiger partial charge >= 0.3 is 0 Å². The highest BCUT2D eigenvalue weighted by atomic mass is 16.1. The Morgan fingerprint density at radius 2 is 2.27 bits per heavy atom. The maximum absolute atomic E-state index is 11.7. The van der Waals surface area contributed by atoms with E-state index in [4.69, 9.17) is 0 Å². The number of rotatable bonds is 4. The molecule has 2 heterocycles. The zero-order valence-corrected chi connectivity index (χ0v) is 8.65. The van der Waals surface area contributed by atoms with E-state index in [1.54, 1.807) is 12.4 Å². The number of carbonyl (C=O) groups excluding carboxylic acids is 1. The van der Waals surface area contributed by atoms with Crippen molar-refractivity contribution in [3.05, 3.63) is 24.3 Å². The summed E-state index contributed by atoms with van der Waals surface area (Å²) in [5.74, 6) is 0.820. The minimum Gasteiger partial charge on any atom is -0.316 e. The highest BCUT2D eigenvalue weighted by Crippen LogP contribution is 2.15. The number of ketones is 1. The summed E-state index contributed by atoms with van der Waals surface area (Å²) in [6, 6.07) is 0. The van der Waals surface area contributed by atoms with Gasteiger partial charge in [0.25, 0.3) is 0 Å². The van der Waals surface area contributed by atoms with Gasteiger partial charge in [-0.05, 0) is 31.8 Å². The van der Waals surface area contributed by atoms with E-state index in [9.17, 15) is 4.79 Å². The maximum atomic E-state index is 11.7. The molecule has 1 saturated heterocycles. The van der Waals surface area contributed by atoms with Crippen molar-refractivity contribution in [2.75, 3.05) is 13.1 Å². The van der Waals surface area contributed by atoms with E-state index in [2.05, 4.69) is 15.3 Å². The van der Waals surface area contributed by atoms with Crippen molar-refractivity contribution < 1.29 is 4.79 Å². The molecule has 2 rings (SSSR count). The molecule has 1 atom stereocenters. The second-order valence-electron chi connectivity index (χ2n) is 3.95. The summed E-state index contributed by atoms with van der Waals surface area (Å²) in [4.78, 5) is 19.4. The van der Waals surface area contributed by atoms with Gasteiger partial charge < -0.3 is 5.32 Å². The highest BCUT2D eigenvalue weighted by molar-refractivity contribution is 5.95. The van der Waals surface area contributed by atoms with Crippen molar-refractivity contribution >= 4 is 5.78 Å². The third-order valence-corrected chi connectivity index (χ3v) is 2.82. The van der Waals surface area contributed by atoms with Crippen molar-refractivity contribution in [1.82, 2.24) is 15.3 Å². The van der Waals surface area contributed by atoms with Crippen LogP contribution < -0.4 is 5.32 Å². The lowest BCUT2D eigenvalue weighted by Gasteiger charge is -2.06. The van der Waals surface area contributed by atoms with Crippen LogP contribution in [-0.2, 0) is 0 Å². The molecule has 0 aromatic carbocycles. The van der Waals surface area contributed by atoms with Gasteiger partial charge in [-0.15, -0.1) is 0 Å². The van der Waals surface area contributed by atoms with Gasteiger partial charge in [0.2, 0.25) is 0 Å². The molecule has 1 aromatic heterocycles. The third-order valence-electron chi connectivity index (χ3n) is 2.82. The minimum atomic E-state index is 0.155. The smallest absolute Gasteiger partial charge is 0.165 e. The molecule has 1 N–H and O–H groups in total. The zero-order valence-electron chi connectivity index (χ0n) is 8.65. The SMILES string of the molecule is O=C(CCC1CCNC1)c1cncnc1. The van der Waals surface area contributed by atoms with E-state index >= 15 is 0 Å². The number of hydrogen-bond donors (Lipinski definition) is 1. The molecule has 1 aliphatic rings. The van der Waals surface area contributed by atoms with Gasteiger partial charge in [-0.25, -0.2) is 9.97 Å². The van der Waals surface area contributed by atoms with Crippen molar-refractivity contribution in [2.45, 2.75) is 19.3 Å². The summed E-state index contributed by atoms with van der Waals surface area (Å²) in [5, 5.41) is 3.30. The fraction of sp³-hybridized carbons (Fsp3) is 0.545. The topological polar surface area (TPSA) is 54.9 Å². The number of hydrogen-bond acceptors (Lipinski definition) is 4. The third kappa shape index (κ3) is 2.83. The van der Waals surface area contributed by atoms with Gasteiger partial charge in [0.1, 0.15) is 6.33 Å². The summed E-state index contributed by atoms with van der Waals surface area (Å²) in [7, 11) is 0. The summed E-state index contributed by atoms with van der Waals surface area (Å²) in [6.45, 7) is 2.14. The van der Waals surface area contributed by atoms with Crippen LogP contribution in [0.1, 0.15) is 29.6 Å². The fourth-order valence-electron chi connectivity index (χ4n) is 1.88. The van der Waals surface area contributed by atoms with Gasteiger partial charge in [0.05, 0.1) is 5.56 Å². The lowest BCUT2D eigenvalue weighted by atomic mass is 9.99. The number of Topliss-reactive ketones (excluding diaryl/α,β-unsaturated/α-hetero) is 1. The van der Waals surface area contributed by atoms with Crippen molar-refractivity contribution in [1.29, 1.82) is 0 Å². The first-order valence-electron chi connectivity index (χ1n) is 5.35. The van der Waals surface area contributed by atoms with Crippen LogP contribution >= 0.6 is 0 Å². The Kier molecular flexibility index (Phi) is 3.40. The van der Waals surface area contributed by atoms with Crippen molar-refractivity contribution in [2.24, 2.45) is 5.92 Å². The van der Waals surface area contributed by atoms with Gasteiger partial charge in [-0.3, -0.25) is 4.79 Å². The first-order chi connectivity index (χ1) is 7.36. The summed E-state index contributed by atoms with van der Waals surface area (Å²) in [6.07, 6.45) is 7.39. The second kappa shape index (κ2) is 4.98. The summed E-state index contributed by atoms with van der Waals surface area (Å²) >= 11 is 0. The molecular weight excluding hydrogens is 190 g/mol. The quantitative estimate of drug-likeness (QED) is 0.746. The Hall–Kier alpha value is -1.29. The molecule has 0 bridgehead atoms. The molecule has 1 unspecified atom stereocenters. The molecule has 0 amide bonds. The molecule has 4 nitrogen and oxygen atoms in total. The molecule has 0 spiro atoms. The Labute approximate surface area is 89.1 Å². The molecule has 80 valence electrons. The van der Waals surface area contributed by atoms with E-state index in [0.717, 1.165) is 19.5 Å². The molecule has 0 saturated carbocycles. The van der Waals surface area contributed by atoms with Crippen LogP contribution in [0.5, 0.6) is 0 Å². The van der Waals surface area contributed by atoms with Crippen LogP contribution in [0.3, 0.4) is 0 Å². The van der Waals surface area contributed by atoms with Gasteiger partial charge in [0.15, 0.2) is 5.78 Å². The summed E-state index contributed by atoms with van der Waals surface area (Å²) in [5.41, 5.74) is 0.628. The standard InChI is InChI=1S/C11H15N3O/c15-11(10-6-13-8-14-7-10)2-1-9-3-4-12-5-9/h6-9,12H,1-5H2. The predicted octanol–water partition coefficient (Wildman–Crippen LogP) is 1.05. The molecule has 4 heteroatoms. The van der Waals surface area contributed by atoms with E-state index in [0.29, 0.717) is 17.9 Å². The lowest BCUT2D eigenvalue weighted by Crippen LogP contribution is -2.10. The van der Waals surface area contributed by atoms with E-state index in [-0.39, 0.29) is 5.78 Å². The van der Waals surface area contributed by atoms with Crippen molar-refractivity contribution in [3.8, 4) is 0 Å². The Morgan fingerprint density at radius 3 is 2.93 bits per heavy atom. The fourth-order valence-corrected chi connectivity index (χ4v) is 1.88.